The number of rotatable bonds is 2. The Kier molecular flexibility index (Phi) is 4.04. The lowest BCUT2D eigenvalue weighted by atomic mass is 9.90. The number of nitrogens with two attached hydrogens (primary N) is 1. The Labute approximate surface area is 157 Å². The summed E-state index contributed by atoms with van der Waals surface area (Å²) in [5.41, 5.74) is 9.22. The quantitative estimate of drug-likeness (QED) is 0.882. The van der Waals surface area contributed by atoms with E-state index in [0.717, 1.165) is 36.5 Å². The van der Waals surface area contributed by atoms with Crippen molar-refractivity contribution in [3.63, 3.8) is 0 Å². The van der Waals surface area contributed by atoms with E-state index < -0.39 is 0 Å². The molecule has 0 amide bonds. The van der Waals surface area contributed by atoms with Gasteiger partial charge in [0.2, 0.25) is 0 Å². The van der Waals surface area contributed by atoms with E-state index in [2.05, 4.69) is 36.3 Å². The average molecular weight is 363 g/mol. The monoisotopic (exact) mass is 363 g/mol. The van der Waals surface area contributed by atoms with Crippen molar-refractivity contribution in [1.82, 2.24) is 4.90 Å². The van der Waals surface area contributed by atoms with Crippen LogP contribution in [0.3, 0.4) is 0 Å². The summed E-state index contributed by atoms with van der Waals surface area (Å²) >= 11 is 1.69. The molecule has 1 aromatic carbocycles. The van der Waals surface area contributed by atoms with E-state index in [1.807, 2.05) is 24.3 Å². The second-order valence-electron chi connectivity index (χ2n) is 7.62. The summed E-state index contributed by atoms with van der Waals surface area (Å²) in [5, 5.41) is 11.2. The van der Waals surface area contributed by atoms with Crippen LogP contribution in [0.2, 0.25) is 0 Å². The lowest BCUT2D eigenvalue weighted by Crippen LogP contribution is -2.53. The number of benzene rings is 1. The molecule has 1 atom stereocenters. The third-order valence-electron chi connectivity index (χ3n) is 4.80. The number of aliphatic imine (C=N–C) groups is 2. The van der Waals surface area contributed by atoms with E-state index in [1.165, 1.54) is 4.88 Å². The first kappa shape index (κ1) is 16.8. The summed E-state index contributed by atoms with van der Waals surface area (Å²) in [6.07, 6.45) is 0.787. The normalized spacial score (nSPS) is 21.4. The first-order valence-corrected chi connectivity index (χ1v) is 9.56. The summed E-state index contributed by atoms with van der Waals surface area (Å²) < 4.78 is 0. The van der Waals surface area contributed by atoms with E-state index in [4.69, 9.17) is 21.0 Å². The predicted molar refractivity (Wildman–Crippen MR) is 106 cm³/mol. The lowest BCUT2D eigenvalue weighted by Gasteiger charge is -2.40. The molecule has 1 aromatic heterocycles. The van der Waals surface area contributed by atoms with E-state index >= 15 is 0 Å². The zero-order valence-corrected chi connectivity index (χ0v) is 15.8. The van der Waals surface area contributed by atoms with Crippen molar-refractivity contribution < 1.29 is 0 Å². The highest BCUT2D eigenvalue weighted by Crippen LogP contribution is 2.36. The molecule has 0 saturated carbocycles. The standard InChI is InChI=1S/C20H21N5S/c1-20(2)11-23-18-8-16(24-19(22)25(18)12-20)17-7-15(10-26-17)14-5-3-4-13(6-14)9-21/h3-7,10,16H,8,11-12H2,1-2H3,(H2,22,24). The van der Waals surface area contributed by atoms with E-state index in [0.29, 0.717) is 11.5 Å². The van der Waals surface area contributed by atoms with Gasteiger partial charge in [0, 0.05) is 29.8 Å². The molecule has 132 valence electrons. The van der Waals surface area contributed by atoms with Gasteiger partial charge in [0.15, 0.2) is 5.96 Å². The highest BCUT2D eigenvalue weighted by molar-refractivity contribution is 7.10. The fourth-order valence-corrected chi connectivity index (χ4v) is 4.36. The van der Waals surface area contributed by atoms with Gasteiger partial charge in [-0.25, -0.2) is 4.99 Å². The summed E-state index contributed by atoms with van der Waals surface area (Å²) in [7, 11) is 0. The molecule has 2 aliphatic rings. The van der Waals surface area contributed by atoms with Crippen LogP contribution in [-0.2, 0) is 0 Å². The zero-order valence-electron chi connectivity index (χ0n) is 14.9. The van der Waals surface area contributed by atoms with Crippen LogP contribution in [0.15, 0.2) is 45.7 Å². The van der Waals surface area contributed by atoms with Crippen LogP contribution in [0.4, 0.5) is 0 Å². The molecule has 1 unspecified atom stereocenters. The Morgan fingerprint density at radius 2 is 2.15 bits per heavy atom. The van der Waals surface area contributed by atoms with Crippen molar-refractivity contribution in [2.45, 2.75) is 26.3 Å². The maximum absolute atomic E-state index is 9.10. The molecule has 0 aliphatic carbocycles. The van der Waals surface area contributed by atoms with Crippen LogP contribution in [0.25, 0.3) is 11.1 Å². The van der Waals surface area contributed by atoms with Crippen LogP contribution >= 0.6 is 11.3 Å². The first-order valence-electron chi connectivity index (χ1n) is 8.68. The minimum atomic E-state index is 0.0177. The van der Waals surface area contributed by atoms with Gasteiger partial charge in [-0.1, -0.05) is 26.0 Å². The van der Waals surface area contributed by atoms with Crippen molar-refractivity contribution in [3.05, 3.63) is 46.2 Å². The maximum Gasteiger partial charge on any atom is 0.197 e. The predicted octanol–water partition coefficient (Wildman–Crippen LogP) is 3.79. The lowest BCUT2D eigenvalue weighted by molar-refractivity contribution is 0.286. The van der Waals surface area contributed by atoms with Crippen LogP contribution in [0, 0.1) is 16.7 Å². The topological polar surface area (TPSA) is 77.8 Å². The van der Waals surface area contributed by atoms with Gasteiger partial charge in [-0.15, -0.1) is 11.3 Å². The van der Waals surface area contributed by atoms with E-state index in [9.17, 15) is 0 Å². The molecular formula is C20H21N5S. The molecule has 6 heteroatoms. The van der Waals surface area contributed by atoms with Gasteiger partial charge in [0.25, 0.3) is 0 Å². The van der Waals surface area contributed by atoms with Gasteiger partial charge in [0.05, 0.1) is 17.7 Å². The smallest absolute Gasteiger partial charge is 0.197 e. The van der Waals surface area contributed by atoms with Crippen LogP contribution in [0.5, 0.6) is 0 Å². The highest BCUT2D eigenvalue weighted by atomic mass is 32.1. The van der Waals surface area contributed by atoms with E-state index in [-0.39, 0.29) is 11.5 Å². The molecule has 2 N–H and O–H groups in total. The Bertz CT molecular complexity index is 947. The van der Waals surface area contributed by atoms with Gasteiger partial charge < -0.3 is 10.6 Å². The number of nitrogens with zero attached hydrogens (tertiary/aromatic N) is 4. The number of amidine groups is 1. The second-order valence-corrected chi connectivity index (χ2v) is 8.56. The molecule has 0 radical (unpaired) electrons. The second kappa shape index (κ2) is 6.26. The number of thiophene rings is 1. The third-order valence-corrected chi connectivity index (χ3v) is 5.83. The first-order chi connectivity index (χ1) is 12.4. The molecule has 26 heavy (non-hydrogen) atoms. The average Bonchev–Trinajstić information content (AvgIpc) is 3.12. The van der Waals surface area contributed by atoms with Crippen molar-refractivity contribution in [2.75, 3.05) is 13.1 Å². The number of hydrogen-bond acceptors (Lipinski definition) is 6. The van der Waals surface area contributed by atoms with Gasteiger partial charge >= 0.3 is 0 Å². The van der Waals surface area contributed by atoms with Crippen molar-refractivity contribution in [1.29, 1.82) is 5.26 Å². The summed E-state index contributed by atoms with van der Waals surface area (Å²) in [5.74, 6) is 1.61. The highest BCUT2D eigenvalue weighted by Gasteiger charge is 2.35. The summed E-state index contributed by atoms with van der Waals surface area (Å²) in [6.45, 7) is 6.10. The van der Waals surface area contributed by atoms with Crippen molar-refractivity contribution >= 4 is 23.1 Å². The van der Waals surface area contributed by atoms with Crippen LogP contribution in [-0.4, -0.2) is 29.8 Å². The minimum absolute atomic E-state index is 0.0177. The van der Waals surface area contributed by atoms with Gasteiger partial charge in [-0.05, 0) is 34.7 Å². The molecule has 0 fully saturated rings. The Balaban J connectivity index is 1.61. The molecule has 0 spiro atoms. The third kappa shape index (κ3) is 3.11. The van der Waals surface area contributed by atoms with Crippen molar-refractivity contribution in [2.24, 2.45) is 21.1 Å². The Morgan fingerprint density at radius 1 is 1.31 bits per heavy atom. The molecule has 0 bridgehead atoms. The number of fused-ring (bicyclic) bond motifs is 1. The van der Waals surface area contributed by atoms with Gasteiger partial charge in [-0.3, -0.25) is 4.99 Å². The molecule has 3 heterocycles. The van der Waals surface area contributed by atoms with Gasteiger partial charge in [-0.2, -0.15) is 5.26 Å². The van der Waals surface area contributed by atoms with E-state index in [1.54, 1.807) is 11.3 Å². The molecular weight excluding hydrogens is 342 g/mol. The largest absolute Gasteiger partial charge is 0.369 e. The Morgan fingerprint density at radius 3 is 2.96 bits per heavy atom. The molecule has 5 nitrogen and oxygen atoms in total. The molecule has 4 rings (SSSR count). The number of guanidine groups is 1. The minimum Gasteiger partial charge on any atom is -0.369 e. The fraction of sp³-hybridized carbons (Fsp3) is 0.350. The fourth-order valence-electron chi connectivity index (χ4n) is 3.41. The Hall–Kier alpha value is -2.65. The van der Waals surface area contributed by atoms with Gasteiger partial charge in [0.1, 0.15) is 5.84 Å². The molecule has 0 saturated heterocycles. The van der Waals surface area contributed by atoms with Crippen LogP contribution in [0.1, 0.15) is 36.8 Å². The van der Waals surface area contributed by atoms with Crippen LogP contribution < -0.4 is 5.73 Å². The molecule has 2 aromatic rings. The van der Waals surface area contributed by atoms with Crippen molar-refractivity contribution in [3.8, 4) is 17.2 Å². The SMILES string of the molecule is CC1(C)CN=C2CC(c3cc(-c4cccc(C#N)c4)cs3)N=C(N)N2C1. The zero-order chi connectivity index (χ0) is 18.3. The summed E-state index contributed by atoms with van der Waals surface area (Å²) in [6, 6.07) is 12.0. The summed E-state index contributed by atoms with van der Waals surface area (Å²) in [4.78, 5) is 12.7. The maximum atomic E-state index is 9.10. The molecule has 2 aliphatic heterocycles. The number of hydrogen-bond donors (Lipinski definition) is 1. The number of nitriles is 1.